The Labute approximate surface area is 145 Å². The Morgan fingerprint density at radius 1 is 1.33 bits per heavy atom. The van der Waals surface area contributed by atoms with Crippen molar-refractivity contribution in [2.24, 2.45) is 5.92 Å². The highest BCUT2D eigenvalue weighted by Gasteiger charge is 2.39. The van der Waals surface area contributed by atoms with Gasteiger partial charge in [0.25, 0.3) is 0 Å². The summed E-state index contributed by atoms with van der Waals surface area (Å²) in [4.78, 5) is 22.8. The van der Waals surface area contributed by atoms with Gasteiger partial charge in [-0.1, -0.05) is 11.6 Å². The van der Waals surface area contributed by atoms with E-state index in [1.165, 1.54) is 18.2 Å². The van der Waals surface area contributed by atoms with Gasteiger partial charge in [-0.2, -0.15) is 4.31 Å². The third-order valence-electron chi connectivity index (χ3n) is 4.11. The SMILES string of the molecule is COC(=O)c1ccc(Cl)cc1S(=O)(=O)N1CC(C(=O)O)CCC1C. The van der Waals surface area contributed by atoms with Gasteiger partial charge in [0.2, 0.25) is 10.0 Å². The van der Waals surface area contributed by atoms with E-state index in [4.69, 9.17) is 11.6 Å². The van der Waals surface area contributed by atoms with Crippen LogP contribution in [0.1, 0.15) is 30.1 Å². The Morgan fingerprint density at radius 3 is 2.58 bits per heavy atom. The number of carboxylic acid groups (broad SMARTS) is 1. The van der Waals surface area contributed by atoms with E-state index in [0.29, 0.717) is 12.8 Å². The predicted molar refractivity (Wildman–Crippen MR) is 86.5 cm³/mol. The highest BCUT2D eigenvalue weighted by molar-refractivity contribution is 7.89. The van der Waals surface area contributed by atoms with Crippen molar-refractivity contribution < 1.29 is 27.9 Å². The number of hydrogen-bond donors (Lipinski definition) is 1. The number of aliphatic carboxylic acids is 1. The number of nitrogens with zero attached hydrogens (tertiary/aromatic N) is 1. The summed E-state index contributed by atoms with van der Waals surface area (Å²) < 4.78 is 31.8. The van der Waals surface area contributed by atoms with E-state index in [1.807, 2.05) is 0 Å². The first-order valence-electron chi connectivity index (χ1n) is 7.31. The van der Waals surface area contributed by atoms with Crippen LogP contribution in [0.25, 0.3) is 0 Å². The number of piperidine rings is 1. The molecule has 0 radical (unpaired) electrons. The van der Waals surface area contributed by atoms with E-state index in [2.05, 4.69) is 4.74 Å². The lowest BCUT2D eigenvalue weighted by atomic mass is 9.96. The van der Waals surface area contributed by atoms with Gasteiger partial charge >= 0.3 is 11.9 Å². The Balaban J connectivity index is 2.51. The first-order chi connectivity index (χ1) is 11.2. The van der Waals surface area contributed by atoms with Gasteiger partial charge < -0.3 is 9.84 Å². The van der Waals surface area contributed by atoms with Crippen LogP contribution in [0.3, 0.4) is 0 Å². The average Bonchev–Trinajstić information content (AvgIpc) is 2.54. The van der Waals surface area contributed by atoms with Gasteiger partial charge in [-0.05, 0) is 38.0 Å². The third-order valence-corrected chi connectivity index (χ3v) is 6.36. The van der Waals surface area contributed by atoms with Crippen molar-refractivity contribution in [3.8, 4) is 0 Å². The van der Waals surface area contributed by atoms with E-state index in [1.54, 1.807) is 6.92 Å². The lowest BCUT2D eigenvalue weighted by Crippen LogP contribution is -2.47. The monoisotopic (exact) mass is 375 g/mol. The second-order valence-electron chi connectivity index (χ2n) is 5.67. The van der Waals surface area contributed by atoms with Crippen molar-refractivity contribution in [1.82, 2.24) is 4.31 Å². The topological polar surface area (TPSA) is 101 Å². The summed E-state index contributed by atoms with van der Waals surface area (Å²) in [6, 6.07) is 3.48. The molecule has 1 fully saturated rings. The van der Waals surface area contributed by atoms with Gasteiger partial charge in [0.1, 0.15) is 0 Å². The van der Waals surface area contributed by atoms with Crippen molar-refractivity contribution in [2.45, 2.75) is 30.7 Å². The Bertz CT molecular complexity index is 763. The van der Waals surface area contributed by atoms with Crippen LogP contribution < -0.4 is 0 Å². The Morgan fingerprint density at radius 2 is 2.00 bits per heavy atom. The molecule has 0 amide bonds. The van der Waals surface area contributed by atoms with Gasteiger partial charge in [0, 0.05) is 17.6 Å². The fraction of sp³-hybridized carbons (Fsp3) is 0.467. The third kappa shape index (κ3) is 3.55. The number of benzene rings is 1. The summed E-state index contributed by atoms with van der Waals surface area (Å²) in [5.74, 6) is -2.62. The molecule has 1 aromatic carbocycles. The summed E-state index contributed by atoms with van der Waals surface area (Å²) in [7, 11) is -2.95. The number of carbonyl (C=O) groups excluding carboxylic acids is 1. The molecule has 0 aromatic heterocycles. The molecule has 1 saturated heterocycles. The summed E-state index contributed by atoms with van der Waals surface area (Å²) >= 11 is 5.90. The van der Waals surface area contributed by atoms with E-state index in [0.717, 1.165) is 11.4 Å². The van der Waals surface area contributed by atoms with Gasteiger partial charge in [0.15, 0.2) is 0 Å². The van der Waals surface area contributed by atoms with Gasteiger partial charge in [0.05, 0.1) is 23.5 Å². The molecule has 132 valence electrons. The zero-order chi connectivity index (χ0) is 18.1. The number of ether oxygens (including phenoxy) is 1. The number of carbonyl (C=O) groups is 2. The molecule has 0 spiro atoms. The normalized spacial score (nSPS) is 22.1. The van der Waals surface area contributed by atoms with Crippen LogP contribution in [-0.2, 0) is 19.6 Å². The van der Waals surface area contributed by atoms with Gasteiger partial charge in [-0.3, -0.25) is 4.79 Å². The minimum atomic E-state index is -4.10. The fourth-order valence-electron chi connectivity index (χ4n) is 2.73. The molecule has 0 saturated carbocycles. The average molecular weight is 376 g/mol. The van der Waals surface area contributed by atoms with E-state index >= 15 is 0 Å². The number of halogens is 1. The smallest absolute Gasteiger partial charge is 0.339 e. The molecule has 0 aliphatic carbocycles. The van der Waals surface area contributed by atoms with Crippen LogP contribution >= 0.6 is 11.6 Å². The maximum Gasteiger partial charge on any atom is 0.339 e. The number of esters is 1. The zero-order valence-electron chi connectivity index (χ0n) is 13.2. The molecule has 1 N–H and O–H groups in total. The van der Waals surface area contributed by atoms with E-state index in [9.17, 15) is 23.1 Å². The molecule has 1 aliphatic rings. The fourth-order valence-corrected chi connectivity index (χ4v) is 4.88. The quantitative estimate of drug-likeness (QED) is 0.808. The molecule has 1 heterocycles. The summed E-state index contributed by atoms with van der Waals surface area (Å²) in [6.07, 6.45) is 0.826. The standard InChI is InChI=1S/C15H18ClNO6S/c1-9-3-4-10(14(18)19)8-17(9)24(21,22)13-7-11(16)5-6-12(13)15(20)23-2/h5-7,9-10H,3-4,8H2,1-2H3,(H,18,19). The molecule has 2 rings (SSSR count). The van der Waals surface area contributed by atoms with Crippen LogP contribution in [0.5, 0.6) is 0 Å². The molecular formula is C15H18ClNO6S. The van der Waals surface area contributed by atoms with Gasteiger partial charge in [-0.15, -0.1) is 0 Å². The predicted octanol–water partition coefficient (Wildman–Crippen LogP) is 2.00. The Kier molecular flexibility index (Phi) is 5.52. The van der Waals surface area contributed by atoms with Gasteiger partial charge in [-0.25, -0.2) is 13.2 Å². The van der Waals surface area contributed by atoms with Crippen molar-refractivity contribution in [2.75, 3.05) is 13.7 Å². The number of sulfonamides is 1. The lowest BCUT2D eigenvalue weighted by molar-refractivity contribution is -0.143. The zero-order valence-corrected chi connectivity index (χ0v) is 14.8. The minimum Gasteiger partial charge on any atom is -0.481 e. The maximum atomic E-state index is 13.0. The number of hydrogen-bond acceptors (Lipinski definition) is 5. The summed E-state index contributed by atoms with van der Waals surface area (Å²) in [5.41, 5.74) is -0.133. The van der Waals surface area contributed by atoms with E-state index in [-0.39, 0.29) is 28.1 Å². The first kappa shape index (κ1) is 18.7. The number of methoxy groups -OCH3 is 1. The van der Waals surface area contributed by atoms with Crippen LogP contribution in [0, 0.1) is 5.92 Å². The molecule has 1 aliphatic heterocycles. The number of carboxylic acids is 1. The summed E-state index contributed by atoms with van der Waals surface area (Å²) in [6.45, 7) is 1.56. The van der Waals surface area contributed by atoms with Crippen molar-refractivity contribution >= 4 is 33.6 Å². The highest BCUT2D eigenvalue weighted by Crippen LogP contribution is 2.31. The first-order valence-corrected chi connectivity index (χ1v) is 9.12. The molecule has 2 atom stereocenters. The van der Waals surface area contributed by atoms with Crippen molar-refractivity contribution in [3.63, 3.8) is 0 Å². The molecule has 0 bridgehead atoms. The minimum absolute atomic E-state index is 0.133. The summed E-state index contributed by atoms with van der Waals surface area (Å²) in [5, 5.41) is 9.34. The second kappa shape index (κ2) is 7.08. The Hall–Kier alpha value is -1.64. The van der Waals surface area contributed by atoms with E-state index < -0.39 is 27.9 Å². The maximum absolute atomic E-state index is 13.0. The lowest BCUT2D eigenvalue weighted by Gasteiger charge is -2.35. The van der Waals surface area contributed by atoms with Crippen molar-refractivity contribution in [3.05, 3.63) is 28.8 Å². The molecule has 1 aromatic rings. The molecule has 9 heteroatoms. The molecule has 2 unspecified atom stereocenters. The van der Waals surface area contributed by atoms with Crippen molar-refractivity contribution in [1.29, 1.82) is 0 Å². The van der Waals surface area contributed by atoms with Crippen LogP contribution in [0.4, 0.5) is 0 Å². The van der Waals surface area contributed by atoms with Crippen LogP contribution in [-0.4, -0.2) is 49.5 Å². The van der Waals surface area contributed by atoms with Crippen LogP contribution in [0.2, 0.25) is 5.02 Å². The number of rotatable bonds is 4. The molecule has 7 nitrogen and oxygen atoms in total. The van der Waals surface area contributed by atoms with Crippen LogP contribution in [0.15, 0.2) is 23.1 Å². The molecule has 24 heavy (non-hydrogen) atoms. The molecular weight excluding hydrogens is 358 g/mol. The second-order valence-corrected chi connectivity index (χ2v) is 7.96. The highest BCUT2D eigenvalue weighted by atomic mass is 35.5. The largest absolute Gasteiger partial charge is 0.481 e.